The van der Waals surface area contributed by atoms with E-state index in [9.17, 15) is 23.2 Å². The highest BCUT2D eigenvalue weighted by molar-refractivity contribution is 5.91. The highest BCUT2D eigenvalue weighted by Gasteiger charge is 2.45. The molecule has 0 bridgehead atoms. The minimum atomic E-state index is -1.35. The number of nitrogens with zero attached hydrogens (tertiary/aromatic N) is 1. The second-order valence-corrected chi connectivity index (χ2v) is 7.32. The van der Waals surface area contributed by atoms with Crippen LogP contribution in [0.5, 0.6) is 5.75 Å². The first-order chi connectivity index (χ1) is 15.8. The Morgan fingerprint density at radius 1 is 1.12 bits per heavy atom. The molecular formula is C23H24F2N2O6. The van der Waals surface area contributed by atoms with Crippen LogP contribution in [0, 0.1) is 11.6 Å². The molecule has 2 aromatic rings. The van der Waals surface area contributed by atoms with Gasteiger partial charge in [-0.2, -0.15) is 0 Å². The van der Waals surface area contributed by atoms with Crippen LogP contribution in [-0.2, 0) is 25.7 Å². The first-order valence-electron chi connectivity index (χ1n) is 10.3. The topological polar surface area (TPSA) is 94.2 Å². The van der Waals surface area contributed by atoms with Crippen LogP contribution in [0.3, 0.4) is 0 Å². The van der Waals surface area contributed by atoms with Crippen LogP contribution in [0.2, 0.25) is 0 Å². The van der Waals surface area contributed by atoms with Crippen LogP contribution < -0.4 is 10.1 Å². The van der Waals surface area contributed by atoms with E-state index in [1.54, 1.807) is 37.3 Å². The summed E-state index contributed by atoms with van der Waals surface area (Å²) < 4.78 is 44.5. The number of methoxy groups -OCH3 is 1. The molecule has 33 heavy (non-hydrogen) atoms. The van der Waals surface area contributed by atoms with E-state index in [-0.39, 0.29) is 25.5 Å². The number of hydrogen-bond acceptors (Lipinski definition) is 6. The normalized spacial score (nSPS) is 17.6. The summed E-state index contributed by atoms with van der Waals surface area (Å²) in [6.45, 7) is 1.04. The number of halogens is 2. The van der Waals surface area contributed by atoms with Crippen molar-refractivity contribution in [3.63, 3.8) is 0 Å². The maximum Gasteiger partial charge on any atom is 0.408 e. The van der Waals surface area contributed by atoms with Gasteiger partial charge in [0.1, 0.15) is 36.6 Å². The maximum absolute atomic E-state index is 14.8. The molecule has 10 heteroatoms. The standard InChI is InChI=1S/C23H24F2N2O6/c1-3-32-19(28)12-27-11-16(20-17(24)9-15(31-2)10-18(20)25)21(22(27)29)26-23(30)33-13-14-7-5-4-6-8-14/h4-10,16,21H,3,11-13H2,1-2H3,(H,26,30)/t16-,21-/m0/s1. The molecule has 1 aliphatic heterocycles. The molecule has 1 N–H and O–H groups in total. The molecule has 2 atom stereocenters. The molecule has 176 valence electrons. The van der Waals surface area contributed by atoms with Crippen LogP contribution in [-0.4, -0.2) is 55.7 Å². The summed E-state index contributed by atoms with van der Waals surface area (Å²) in [6, 6.07) is 9.48. The zero-order valence-electron chi connectivity index (χ0n) is 18.2. The van der Waals surface area contributed by atoms with E-state index in [2.05, 4.69) is 5.32 Å². The van der Waals surface area contributed by atoms with E-state index in [0.717, 1.165) is 22.6 Å². The summed E-state index contributed by atoms with van der Waals surface area (Å²) >= 11 is 0. The predicted molar refractivity (Wildman–Crippen MR) is 112 cm³/mol. The summed E-state index contributed by atoms with van der Waals surface area (Å²) in [5.41, 5.74) is 0.321. The van der Waals surface area contributed by atoms with Gasteiger partial charge in [-0.1, -0.05) is 30.3 Å². The number of benzene rings is 2. The van der Waals surface area contributed by atoms with E-state index >= 15 is 0 Å². The molecule has 1 fully saturated rings. The van der Waals surface area contributed by atoms with Gasteiger partial charge < -0.3 is 24.4 Å². The van der Waals surface area contributed by atoms with Gasteiger partial charge in [0.25, 0.3) is 0 Å². The molecule has 2 aromatic carbocycles. The van der Waals surface area contributed by atoms with Gasteiger partial charge in [-0.3, -0.25) is 9.59 Å². The number of carbonyl (C=O) groups is 3. The average molecular weight is 462 g/mol. The number of likely N-dealkylation sites (tertiary alicyclic amines) is 1. The highest BCUT2D eigenvalue weighted by atomic mass is 19.1. The van der Waals surface area contributed by atoms with Crippen LogP contribution in [0.1, 0.15) is 24.0 Å². The minimum absolute atomic E-state index is 0.0340. The molecular weight excluding hydrogens is 438 g/mol. The van der Waals surface area contributed by atoms with Crippen molar-refractivity contribution in [2.24, 2.45) is 0 Å². The molecule has 1 saturated heterocycles. The van der Waals surface area contributed by atoms with Gasteiger partial charge in [0.15, 0.2) is 0 Å². The number of nitrogens with one attached hydrogen (secondary N) is 1. The van der Waals surface area contributed by atoms with E-state index in [1.165, 1.54) is 7.11 Å². The number of rotatable bonds is 8. The third-order valence-corrected chi connectivity index (χ3v) is 5.17. The minimum Gasteiger partial charge on any atom is -0.497 e. The molecule has 0 aromatic heterocycles. The third-order valence-electron chi connectivity index (χ3n) is 5.17. The van der Waals surface area contributed by atoms with Crippen molar-refractivity contribution >= 4 is 18.0 Å². The zero-order valence-corrected chi connectivity index (χ0v) is 18.2. The molecule has 0 aliphatic carbocycles. The Kier molecular flexibility index (Phi) is 7.81. The quantitative estimate of drug-likeness (QED) is 0.607. The molecule has 2 amide bonds. The van der Waals surface area contributed by atoms with Crippen molar-refractivity contribution < 1.29 is 37.4 Å². The van der Waals surface area contributed by atoms with Crippen LogP contribution in [0.25, 0.3) is 0 Å². The van der Waals surface area contributed by atoms with Gasteiger partial charge in [-0.05, 0) is 12.5 Å². The van der Waals surface area contributed by atoms with E-state index in [4.69, 9.17) is 14.2 Å². The lowest BCUT2D eigenvalue weighted by molar-refractivity contribution is -0.147. The lowest BCUT2D eigenvalue weighted by Crippen LogP contribution is -2.44. The van der Waals surface area contributed by atoms with Gasteiger partial charge in [0.05, 0.1) is 13.7 Å². The van der Waals surface area contributed by atoms with Crippen molar-refractivity contribution in [3.05, 3.63) is 65.2 Å². The van der Waals surface area contributed by atoms with Crippen LogP contribution >= 0.6 is 0 Å². The van der Waals surface area contributed by atoms with E-state index < -0.39 is 53.7 Å². The summed E-state index contributed by atoms with van der Waals surface area (Å²) in [6.07, 6.45) is -0.936. The first-order valence-corrected chi connectivity index (χ1v) is 10.3. The summed E-state index contributed by atoms with van der Waals surface area (Å²) in [5, 5.41) is 2.40. The Morgan fingerprint density at radius 3 is 2.39 bits per heavy atom. The summed E-state index contributed by atoms with van der Waals surface area (Å²) in [5.74, 6) is -4.37. The second kappa shape index (κ2) is 10.8. The number of esters is 1. The maximum atomic E-state index is 14.8. The smallest absolute Gasteiger partial charge is 0.408 e. The van der Waals surface area contributed by atoms with Crippen molar-refractivity contribution in [1.82, 2.24) is 10.2 Å². The SMILES string of the molecule is CCOC(=O)CN1C[C@@H](c2c(F)cc(OC)cc2F)[C@H](NC(=O)OCc2ccccc2)C1=O. The highest BCUT2D eigenvalue weighted by Crippen LogP contribution is 2.34. The Bertz CT molecular complexity index is 994. The fourth-order valence-corrected chi connectivity index (χ4v) is 3.65. The Labute approximate surface area is 189 Å². The lowest BCUT2D eigenvalue weighted by atomic mass is 9.93. The fourth-order valence-electron chi connectivity index (χ4n) is 3.65. The lowest BCUT2D eigenvalue weighted by Gasteiger charge is -2.20. The summed E-state index contributed by atoms with van der Waals surface area (Å²) in [4.78, 5) is 38.3. The molecule has 1 heterocycles. The van der Waals surface area contributed by atoms with Crippen LogP contribution in [0.15, 0.2) is 42.5 Å². The van der Waals surface area contributed by atoms with Crippen molar-refractivity contribution in [1.29, 1.82) is 0 Å². The van der Waals surface area contributed by atoms with Gasteiger partial charge in [0, 0.05) is 30.2 Å². The van der Waals surface area contributed by atoms with Gasteiger partial charge in [-0.15, -0.1) is 0 Å². The Balaban J connectivity index is 1.82. The average Bonchev–Trinajstić information content (AvgIpc) is 3.07. The van der Waals surface area contributed by atoms with Crippen LogP contribution in [0.4, 0.5) is 13.6 Å². The molecule has 1 aliphatic rings. The summed E-state index contributed by atoms with van der Waals surface area (Å²) in [7, 11) is 1.27. The number of hydrogen-bond donors (Lipinski definition) is 1. The second-order valence-electron chi connectivity index (χ2n) is 7.32. The fraction of sp³-hybridized carbons (Fsp3) is 0.348. The Hall–Kier alpha value is -3.69. The van der Waals surface area contributed by atoms with Crippen molar-refractivity contribution in [2.45, 2.75) is 25.5 Å². The van der Waals surface area contributed by atoms with Gasteiger partial charge in [0.2, 0.25) is 5.91 Å². The zero-order chi connectivity index (χ0) is 24.0. The molecule has 3 rings (SSSR count). The van der Waals surface area contributed by atoms with E-state index in [1.807, 2.05) is 0 Å². The van der Waals surface area contributed by atoms with Crippen molar-refractivity contribution in [3.8, 4) is 5.75 Å². The molecule has 0 radical (unpaired) electrons. The first kappa shape index (κ1) is 24.0. The largest absolute Gasteiger partial charge is 0.497 e. The molecule has 0 spiro atoms. The number of amides is 2. The van der Waals surface area contributed by atoms with Crippen molar-refractivity contribution in [2.75, 3.05) is 26.8 Å². The number of carbonyl (C=O) groups excluding carboxylic acids is 3. The monoisotopic (exact) mass is 462 g/mol. The molecule has 0 unspecified atom stereocenters. The van der Waals surface area contributed by atoms with Gasteiger partial charge >= 0.3 is 12.1 Å². The van der Waals surface area contributed by atoms with Gasteiger partial charge in [-0.25, -0.2) is 13.6 Å². The number of ether oxygens (including phenoxy) is 3. The number of alkyl carbamates (subject to hydrolysis) is 1. The molecule has 8 nitrogen and oxygen atoms in total. The molecule has 0 saturated carbocycles. The van der Waals surface area contributed by atoms with E-state index in [0.29, 0.717) is 0 Å². The Morgan fingerprint density at radius 2 is 1.79 bits per heavy atom. The third kappa shape index (κ3) is 5.76. The predicted octanol–water partition coefficient (Wildman–Crippen LogP) is 2.76.